The van der Waals surface area contributed by atoms with E-state index in [1.807, 2.05) is 0 Å². The number of nitrogens with zero attached hydrogens (tertiary/aromatic N) is 3. The summed E-state index contributed by atoms with van der Waals surface area (Å²) in [5.74, 6) is 1.55. The summed E-state index contributed by atoms with van der Waals surface area (Å²) >= 11 is 0. The summed E-state index contributed by atoms with van der Waals surface area (Å²) in [4.78, 5) is 18.3. The van der Waals surface area contributed by atoms with E-state index >= 15 is 0 Å². The summed E-state index contributed by atoms with van der Waals surface area (Å²) in [6.45, 7) is 3.72. The molecule has 0 saturated carbocycles. The first kappa shape index (κ1) is 9.03. The maximum Gasteiger partial charge on any atom is 0.251 e. The molecule has 0 radical (unpaired) electrons. The molecule has 1 aromatic heterocycles. The second-order valence-corrected chi connectivity index (χ2v) is 4.29. The van der Waals surface area contributed by atoms with Crippen molar-refractivity contribution < 1.29 is 9.32 Å². The Balaban J connectivity index is 1.95. The predicted octanol–water partition coefficient (Wildman–Crippen LogP) is 0.714. The molecule has 3 aliphatic rings. The lowest BCUT2D eigenvalue weighted by Crippen LogP contribution is -2.50. The molecule has 0 amide bonds. The van der Waals surface area contributed by atoms with E-state index in [1.165, 1.54) is 0 Å². The van der Waals surface area contributed by atoms with E-state index in [9.17, 15) is 4.79 Å². The maximum absolute atomic E-state index is 12.0. The van der Waals surface area contributed by atoms with Crippen LogP contribution in [0.5, 0.6) is 0 Å². The smallest absolute Gasteiger partial charge is 0.251 e. The minimum Gasteiger partial charge on any atom is -0.337 e. The Kier molecular flexibility index (Phi) is 1.88. The molecule has 4 heterocycles. The van der Waals surface area contributed by atoms with Gasteiger partial charge in [-0.2, -0.15) is 4.98 Å². The Morgan fingerprint density at radius 3 is 2.67 bits per heavy atom. The third kappa shape index (κ3) is 1.30. The Hall–Kier alpha value is -1.23. The molecule has 0 aliphatic carbocycles. The van der Waals surface area contributed by atoms with Crippen molar-refractivity contribution >= 4 is 5.78 Å². The zero-order chi connectivity index (χ0) is 10.4. The quantitative estimate of drug-likeness (QED) is 0.679. The average Bonchev–Trinajstić information content (AvgIpc) is 2.66. The minimum atomic E-state index is -0.265. The van der Waals surface area contributed by atoms with Crippen molar-refractivity contribution in [2.45, 2.75) is 25.8 Å². The highest BCUT2D eigenvalue weighted by Crippen LogP contribution is 2.36. The van der Waals surface area contributed by atoms with Crippen LogP contribution < -0.4 is 0 Å². The van der Waals surface area contributed by atoms with Gasteiger partial charge in [-0.3, -0.25) is 9.69 Å². The number of piperidine rings is 3. The highest BCUT2D eigenvalue weighted by Gasteiger charge is 2.44. The van der Waals surface area contributed by atoms with E-state index in [4.69, 9.17) is 4.52 Å². The lowest BCUT2D eigenvalue weighted by atomic mass is 9.82. The molecule has 1 aromatic rings. The number of fused-ring (bicyclic) bond motifs is 3. The zero-order valence-corrected chi connectivity index (χ0v) is 8.64. The third-order valence-corrected chi connectivity index (χ3v) is 3.34. The second-order valence-electron chi connectivity index (χ2n) is 4.29. The van der Waals surface area contributed by atoms with Crippen LogP contribution in [0.4, 0.5) is 0 Å². The monoisotopic (exact) mass is 207 g/mol. The maximum atomic E-state index is 12.0. The number of hydrogen-bond donors (Lipinski definition) is 0. The van der Waals surface area contributed by atoms with Gasteiger partial charge in [0.2, 0.25) is 0 Å². The van der Waals surface area contributed by atoms with E-state index in [0.717, 1.165) is 25.9 Å². The summed E-state index contributed by atoms with van der Waals surface area (Å²) in [5.41, 5.74) is 0. The number of aromatic nitrogens is 2. The number of aryl methyl sites for hydroxylation is 1. The van der Waals surface area contributed by atoms with Gasteiger partial charge in [-0.1, -0.05) is 5.16 Å². The minimum absolute atomic E-state index is 0.215. The van der Waals surface area contributed by atoms with Crippen LogP contribution in [0, 0.1) is 12.8 Å². The van der Waals surface area contributed by atoms with Crippen molar-refractivity contribution in [3.05, 3.63) is 11.7 Å². The molecule has 2 bridgehead atoms. The molecular formula is C10H13N3O2. The molecular weight excluding hydrogens is 194 g/mol. The van der Waals surface area contributed by atoms with Gasteiger partial charge in [0, 0.05) is 19.0 Å². The Labute approximate surface area is 87.4 Å². The first-order valence-electron chi connectivity index (χ1n) is 5.33. The molecule has 5 heteroatoms. The second kappa shape index (κ2) is 3.13. The fourth-order valence-electron chi connectivity index (χ4n) is 2.55. The number of rotatable bonds is 1. The van der Waals surface area contributed by atoms with Crippen molar-refractivity contribution in [1.82, 2.24) is 15.0 Å². The summed E-state index contributed by atoms with van der Waals surface area (Å²) < 4.78 is 5.10. The molecule has 0 N–H and O–H groups in total. The fraction of sp³-hybridized carbons (Fsp3) is 0.700. The van der Waals surface area contributed by atoms with Crippen LogP contribution in [0.25, 0.3) is 0 Å². The predicted molar refractivity (Wildman–Crippen MR) is 51.1 cm³/mol. The molecule has 0 spiro atoms. The van der Waals surface area contributed by atoms with Gasteiger partial charge < -0.3 is 4.52 Å². The molecule has 3 fully saturated rings. The summed E-state index contributed by atoms with van der Waals surface area (Å²) in [5, 5.41) is 3.74. The number of Topliss-reactive ketones (excluding diaryl/α,β-unsaturated/α-hetero) is 1. The largest absolute Gasteiger partial charge is 0.337 e. The molecule has 1 atom stereocenters. The Morgan fingerprint density at radius 2 is 2.13 bits per heavy atom. The first-order valence-corrected chi connectivity index (χ1v) is 5.33. The van der Waals surface area contributed by atoms with E-state index < -0.39 is 0 Å². The van der Waals surface area contributed by atoms with Gasteiger partial charge >= 0.3 is 0 Å². The van der Waals surface area contributed by atoms with Crippen LogP contribution >= 0.6 is 0 Å². The van der Waals surface area contributed by atoms with Gasteiger partial charge in [0.25, 0.3) is 5.89 Å². The van der Waals surface area contributed by atoms with Gasteiger partial charge in [0.15, 0.2) is 11.6 Å². The van der Waals surface area contributed by atoms with Crippen molar-refractivity contribution in [3.63, 3.8) is 0 Å². The van der Waals surface area contributed by atoms with Crippen molar-refractivity contribution in [1.29, 1.82) is 0 Å². The number of hydrogen-bond acceptors (Lipinski definition) is 5. The highest BCUT2D eigenvalue weighted by atomic mass is 16.5. The normalized spacial score (nSPS) is 34.7. The number of carbonyl (C=O) groups is 1. The van der Waals surface area contributed by atoms with Crippen molar-refractivity contribution in [2.75, 3.05) is 13.1 Å². The first-order chi connectivity index (χ1) is 7.25. The van der Waals surface area contributed by atoms with E-state index in [-0.39, 0.29) is 17.7 Å². The zero-order valence-electron chi connectivity index (χ0n) is 8.64. The lowest BCUT2D eigenvalue weighted by Gasteiger charge is -2.42. The van der Waals surface area contributed by atoms with Crippen LogP contribution in [0.15, 0.2) is 4.52 Å². The fourth-order valence-corrected chi connectivity index (χ4v) is 2.55. The molecule has 3 saturated heterocycles. The van der Waals surface area contributed by atoms with Gasteiger partial charge in [0.05, 0.1) is 0 Å². The topological polar surface area (TPSA) is 59.2 Å². The lowest BCUT2D eigenvalue weighted by molar-refractivity contribution is -0.138. The summed E-state index contributed by atoms with van der Waals surface area (Å²) in [6.07, 6.45) is 1.98. The summed E-state index contributed by atoms with van der Waals surface area (Å²) in [6, 6.07) is -0.265. The Bertz CT molecular complexity index is 393. The third-order valence-electron chi connectivity index (χ3n) is 3.34. The van der Waals surface area contributed by atoms with Crippen LogP contribution in [0.3, 0.4) is 0 Å². The molecule has 80 valence electrons. The van der Waals surface area contributed by atoms with Gasteiger partial charge in [0.1, 0.15) is 6.04 Å². The summed E-state index contributed by atoms with van der Waals surface area (Å²) in [7, 11) is 0. The van der Waals surface area contributed by atoms with Crippen molar-refractivity contribution in [3.8, 4) is 0 Å². The number of ketones is 1. The highest BCUT2D eigenvalue weighted by molar-refractivity contribution is 5.88. The SMILES string of the molecule is Cc1noc(C2C(=O)C3CCN2CC3)n1. The molecule has 5 nitrogen and oxygen atoms in total. The van der Waals surface area contributed by atoms with E-state index in [0.29, 0.717) is 11.7 Å². The van der Waals surface area contributed by atoms with E-state index in [2.05, 4.69) is 15.0 Å². The molecule has 3 aliphatic heterocycles. The molecule has 4 rings (SSSR count). The Morgan fingerprint density at radius 1 is 1.40 bits per heavy atom. The number of carbonyl (C=O) groups excluding carboxylic acids is 1. The van der Waals surface area contributed by atoms with Crippen LogP contribution in [-0.2, 0) is 4.79 Å². The molecule has 1 unspecified atom stereocenters. The van der Waals surface area contributed by atoms with E-state index in [1.54, 1.807) is 6.92 Å². The molecule has 0 aromatic carbocycles. The average molecular weight is 207 g/mol. The van der Waals surface area contributed by atoms with Crippen molar-refractivity contribution in [2.24, 2.45) is 5.92 Å². The van der Waals surface area contributed by atoms with Crippen LogP contribution in [-0.4, -0.2) is 33.9 Å². The standard InChI is InChI=1S/C10H13N3O2/c1-6-11-10(15-12-6)8-9(14)7-2-4-13(8)5-3-7/h7-8H,2-5H2,1H3. The van der Waals surface area contributed by atoms with Gasteiger partial charge in [-0.05, 0) is 19.8 Å². The van der Waals surface area contributed by atoms with Gasteiger partial charge in [-0.25, -0.2) is 0 Å². The van der Waals surface area contributed by atoms with Crippen LogP contribution in [0.2, 0.25) is 0 Å². The van der Waals surface area contributed by atoms with Gasteiger partial charge in [-0.15, -0.1) is 0 Å². The van der Waals surface area contributed by atoms with Crippen LogP contribution in [0.1, 0.15) is 30.6 Å². The molecule has 15 heavy (non-hydrogen) atoms.